The standard InChI is InChI=1S/C32H26N2O4/c1-38-28-14-8-11-24(21-28)22-29(34-31(36)26-12-6-3-7-13-26)32(37)33-27-18-16-25(17-19-27)30(35)20-15-23-9-4-2-5-10-23/h2-22H,1H3,(H,33,37)(H,34,36)/b20-15+,29-22-. The molecule has 0 fully saturated rings. The van der Waals surface area contributed by atoms with Crippen molar-refractivity contribution in [2.24, 2.45) is 0 Å². The number of nitrogens with one attached hydrogen (secondary N) is 2. The quantitative estimate of drug-likeness (QED) is 0.217. The van der Waals surface area contributed by atoms with E-state index in [0.717, 1.165) is 5.56 Å². The van der Waals surface area contributed by atoms with Crippen molar-refractivity contribution in [3.05, 3.63) is 143 Å². The minimum atomic E-state index is -0.514. The fraction of sp³-hybridized carbons (Fsp3) is 0.0312. The minimum absolute atomic E-state index is 0.0538. The van der Waals surface area contributed by atoms with Crippen LogP contribution in [0, 0.1) is 0 Å². The molecule has 0 bridgehead atoms. The Morgan fingerprint density at radius 1 is 0.711 bits per heavy atom. The van der Waals surface area contributed by atoms with E-state index < -0.39 is 11.8 Å². The van der Waals surface area contributed by atoms with Gasteiger partial charge in [0, 0.05) is 16.8 Å². The Labute approximate surface area is 221 Å². The van der Waals surface area contributed by atoms with Gasteiger partial charge in [0.2, 0.25) is 0 Å². The predicted octanol–water partition coefficient (Wildman–Crippen LogP) is 6.00. The summed E-state index contributed by atoms with van der Waals surface area (Å²) in [5.41, 5.74) is 3.04. The third-order valence-corrected chi connectivity index (χ3v) is 5.59. The number of amides is 2. The molecule has 0 saturated heterocycles. The molecule has 188 valence electrons. The highest BCUT2D eigenvalue weighted by molar-refractivity contribution is 6.11. The van der Waals surface area contributed by atoms with Crippen LogP contribution in [0.25, 0.3) is 12.2 Å². The van der Waals surface area contributed by atoms with E-state index in [0.29, 0.717) is 28.1 Å². The number of carbonyl (C=O) groups is 3. The number of hydrogen-bond acceptors (Lipinski definition) is 4. The number of ketones is 1. The Bertz CT molecular complexity index is 1480. The Morgan fingerprint density at radius 3 is 2.05 bits per heavy atom. The van der Waals surface area contributed by atoms with Crippen LogP contribution in [-0.4, -0.2) is 24.7 Å². The highest BCUT2D eigenvalue weighted by atomic mass is 16.5. The molecule has 0 spiro atoms. The number of rotatable bonds is 9. The van der Waals surface area contributed by atoms with E-state index in [-0.39, 0.29) is 11.5 Å². The first-order valence-electron chi connectivity index (χ1n) is 11.9. The van der Waals surface area contributed by atoms with Crippen molar-refractivity contribution in [2.45, 2.75) is 0 Å². The molecule has 0 aliphatic carbocycles. The molecular formula is C32H26N2O4. The molecule has 0 atom stereocenters. The zero-order valence-electron chi connectivity index (χ0n) is 20.8. The Balaban J connectivity index is 1.51. The Kier molecular flexibility index (Phi) is 8.60. The van der Waals surface area contributed by atoms with Gasteiger partial charge in [0.1, 0.15) is 11.4 Å². The summed E-state index contributed by atoms with van der Waals surface area (Å²) in [5, 5.41) is 5.50. The van der Waals surface area contributed by atoms with Gasteiger partial charge in [-0.2, -0.15) is 0 Å². The fourth-order valence-electron chi connectivity index (χ4n) is 3.59. The molecule has 0 saturated carbocycles. The van der Waals surface area contributed by atoms with E-state index in [2.05, 4.69) is 10.6 Å². The molecule has 0 aliphatic rings. The SMILES string of the molecule is COc1cccc(/C=C(\NC(=O)c2ccccc2)C(=O)Nc2ccc(C(=O)/C=C/c3ccccc3)cc2)c1. The first kappa shape index (κ1) is 25.9. The molecule has 0 unspecified atom stereocenters. The number of hydrogen-bond donors (Lipinski definition) is 2. The second-order valence-corrected chi connectivity index (χ2v) is 8.29. The number of ether oxygens (including phenoxy) is 1. The van der Waals surface area contributed by atoms with Crippen LogP contribution in [0.3, 0.4) is 0 Å². The number of benzene rings is 4. The molecule has 38 heavy (non-hydrogen) atoms. The zero-order chi connectivity index (χ0) is 26.7. The molecule has 2 amide bonds. The summed E-state index contributed by atoms with van der Waals surface area (Å²) in [6, 6.07) is 31.9. The van der Waals surface area contributed by atoms with Crippen molar-refractivity contribution < 1.29 is 19.1 Å². The van der Waals surface area contributed by atoms with Crippen molar-refractivity contribution in [3.63, 3.8) is 0 Å². The van der Waals surface area contributed by atoms with Crippen LogP contribution < -0.4 is 15.4 Å². The van der Waals surface area contributed by atoms with Crippen molar-refractivity contribution in [1.29, 1.82) is 0 Å². The predicted molar refractivity (Wildman–Crippen MR) is 150 cm³/mol. The molecule has 2 N–H and O–H groups in total. The fourth-order valence-corrected chi connectivity index (χ4v) is 3.59. The summed E-state index contributed by atoms with van der Waals surface area (Å²) >= 11 is 0. The number of methoxy groups -OCH3 is 1. The van der Waals surface area contributed by atoms with Gasteiger partial charge < -0.3 is 15.4 Å². The van der Waals surface area contributed by atoms with E-state index in [1.807, 2.05) is 36.4 Å². The molecule has 4 aromatic rings. The monoisotopic (exact) mass is 502 g/mol. The summed E-state index contributed by atoms with van der Waals surface area (Å²) < 4.78 is 5.27. The van der Waals surface area contributed by atoms with Gasteiger partial charge in [0.15, 0.2) is 5.78 Å². The van der Waals surface area contributed by atoms with Crippen LogP contribution in [0.2, 0.25) is 0 Å². The number of allylic oxidation sites excluding steroid dienone is 1. The average Bonchev–Trinajstić information content (AvgIpc) is 2.97. The third kappa shape index (κ3) is 7.15. The van der Waals surface area contributed by atoms with Gasteiger partial charge in [-0.3, -0.25) is 14.4 Å². The normalized spacial score (nSPS) is 11.1. The topological polar surface area (TPSA) is 84.5 Å². The maximum absolute atomic E-state index is 13.2. The maximum atomic E-state index is 13.2. The summed E-state index contributed by atoms with van der Waals surface area (Å²) in [7, 11) is 1.56. The largest absolute Gasteiger partial charge is 0.497 e. The number of anilines is 1. The first-order valence-corrected chi connectivity index (χ1v) is 11.9. The molecule has 6 heteroatoms. The highest BCUT2D eigenvalue weighted by Crippen LogP contribution is 2.17. The highest BCUT2D eigenvalue weighted by Gasteiger charge is 2.15. The van der Waals surface area contributed by atoms with Gasteiger partial charge >= 0.3 is 0 Å². The zero-order valence-corrected chi connectivity index (χ0v) is 20.8. The maximum Gasteiger partial charge on any atom is 0.272 e. The van der Waals surface area contributed by atoms with Crippen LogP contribution in [0.1, 0.15) is 31.8 Å². The van der Waals surface area contributed by atoms with Crippen molar-refractivity contribution >= 4 is 35.4 Å². The first-order chi connectivity index (χ1) is 18.5. The van der Waals surface area contributed by atoms with Crippen molar-refractivity contribution in [2.75, 3.05) is 12.4 Å². The molecular weight excluding hydrogens is 476 g/mol. The lowest BCUT2D eigenvalue weighted by Crippen LogP contribution is -2.30. The van der Waals surface area contributed by atoms with Gasteiger partial charge in [-0.15, -0.1) is 0 Å². The van der Waals surface area contributed by atoms with Gasteiger partial charge in [-0.05, 0) is 71.8 Å². The van der Waals surface area contributed by atoms with E-state index >= 15 is 0 Å². The summed E-state index contributed by atoms with van der Waals surface area (Å²) in [5.74, 6) is -0.462. The van der Waals surface area contributed by atoms with E-state index in [9.17, 15) is 14.4 Å². The van der Waals surface area contributed by atoms with E-state index in [1.165, 1.54) is 6.08 Å². The van der Waals surface area contributed by atoms with Crippen molar-refractivity contribution in [1.82, 2.24) is 5.32 Å². The molecule has 0 heterocycles. The minimum Gasteiger partial charge on any atom is -0.497 e. The van der Waals surface area contributed by atoms with E-state index in [1.54, 1.807) is 92.1 Å². The molecule has 4 aromatic carbocycles. The van der Waals surface area contributed by atoms with Crippen molar-refractivity contribution in [3.8, 4) is 5.75 Å². The smallest absolute Gasteiger partial charge is 0.272 e. The molecule has 0 aliphatic heterocycles. The second kappa shape index (κ2) is 12.6. The van der Waals surface area contributed by atoms with Crippen LogP contribution >= 0.6 is 0 Å². The van der Waals surface area contributed by atoms with Gasteiger partial charge in [0.25, 0.3) is 11.8 Å². The number of carbonyl (C=O) groups excluding carboxylic acids is 3. The van der Waals surface area contributed by atoms with Gasteiger partial charge in [-0.25, -0.2) is 0 Å². The lowest BCUT2D eigenvalue weighted by Gasteiger charge is -2.12. The summed E-state index contributed by atoms with van der Waals surface area (Å²) in [6.45, 7) is 0. The van der Waals surface area contributed by atoms with Gasteiger partial charge in [0.05, 0.1) is 7.11 Å². The van der Waals surface area contributed by atoms with Crippen LogP contribution in [-0.2, 0) is 4.79 Å². The third-order valence-electron chi connectivity index (χ3n) is 5.59. The van der Waals surface area contributed by atoms with E-state index in [4.69, 9.17) is 4.74 Å². The summed E-state index contributed by atoms with van der Waals surface area (Å²) in [6.07, 6.45) is 4.84. The lowest BCUT2D eigenvalue weighted by molar-refractivity contribution is -0.113. The lowest BCUT2D eigenvalue weighted by atomic mass is 10.1. The average molecular weight is 503 g/mol. The molecule has 0 aromatic heterocycles. The molecule has 4 rings (SSSR count). The molecule has 6 nitrogen and oxygen atoms in total. The van der Waals surface area contributed by atoms with Crippen LogP contribution in [0.4, 0.5) is 5.69 Å². The van der Waals surface area contributed by atoms with Gasteiger partial charge in [-0.1, -0.05) is 66.7 Å². The van der Waals surface area contributed by atoms with Crippen LogP contribution in [0.5, 0.6) is 5.75 Å². The summed E-state index contributed by atoms with van der Waals surface area (Å²) in [4.78, 5) is 38.6. The molecule has 0 radical (unpaired) electrons. The Morgan fingerprint density at radius 2 is 1.37 bits per heavy atom. The second-order valence-electron chi connectivity index (χ2n) is 8.29. The Hall–Kier alpha value is -5.23. The van der Waals surface area contributed by atoms with Crippen LogP contribution in [0.15, 0.2) is 121 Å².